The van der Waals surface area contributed by atoms with Gasteiger partial charge in [0.15, 0.2) is 5.75 Å². The fraction of sp³-hybridized carbons (Fsp3) is 0.429. The van der Waals surface area contributed by atoms with Gasteiger partial charge < -0.3 is 5.11 Å². The average Bonchev–Trinajstić information content (AvgIpc) is 1.95. The van der Waals surface area contributed by atoms with E-state index in [0.717, 1.165) is 6.42 Å². The zero-order chi connectivity index (χ0) is 7.56. The fourth-order valence-corrected chi connectivity index (χ4v) is 0.775. The van der Waals surface area contributed by atoms with Crippen LogP contribution >= 0.6 is 0 Å². The maximum absolute atomic E-state index is 9.27. The second kappa shape index (κ2) is 2.64. The molecule has 0 bridgehead atoms. The fourth-order valence-electron chi connectivity index (χ4n) is 0.775. The molecule has 0 saturated carbocycles. The van der Waals surface area contributed by atoms with E-state index in [9.17, 15) is 5.11 Å². The molecule has 1 rings (SSSR count). The van der Waals surface area contributed by atoms with Gasteiger partial charge in [0.1, 0.15) is 6.33 Å². The van der Waals surface area contributed by atoms with E-state index in [4.69, 9.17) is 0 Å². The van der Waals surface area contributed by atoms with E-state index in [1.54, 1.807) is 6.92 Å². The molecule has 0 aromatic carbocycles. The minimum Gasteiger partial charge on any atom is -0.504 e. The maximum atomic E-state index is 9.27. The molecule has 1 heterocycles. The molecule has 1 aromatic rings. The van der Waals surface area contributed by atoms with E-state index in [0.29, 0.717) is 11.4 Å². The highest BCUT2D eigenvalue weighted by atomic mass is 16.3. The smallest absolute Gasteiger partial charge is 0.158 e. The summed E-state index contributed by atoms with van der Waals surface area (Å²) in [6.45, 7) is 3.71. The van der Waals surface area contributed by atoms with Crippen molar-refractivity contribution in [3.63, 3.8) is 0 Å². The van der Waals surface area contributed by atoms with Crippen LogP contribution in [-0.4, -0.2) is 15.1 Å². The predicted molar refractivity (Wildman–Crippen MR) is 37.8 cm³/mol. The molecule has 0 aliphatic rings. The Labute approximate surface area is 59.8 Å². The van der Waals surface area contributed by atoms with Crippen molar-refractivity contribution >= 4 is 0 Å². The summed E-state index contributed by atoms with van der Waals surface area (Å²) in [6, 6.07) is 0. The van der Waals surface area contributed by atoms with Crippen LogP contribution in [0, 0.1) is 6.92 Å². The molecule has 1 N–H and O–H groups in total. The molecule has 0 saturated heterocycles. The number of nitrogens with zero attached hydrogens (tertiary/aromatic N) is 2. The van der Waals surface area contributed by atoms with E-state index < -0.39 is 0 Å². The van der Waals surface area contributed by atoms with Crippen molar-refractivity contribution < 1.29 is 5.11 Å². The third-order valence-electron chi connectivity index (χ3n) is 1.42. The first-order valence-corrected chi connectivity index (χ1v) is 3.25. The van der Waals surface area contributed by atoms with Crippen LogP contribution in [0.4, 0.5) is 0 Å². The van der Waals surface area contributed by atoms with Gasteiger partial charge in [0, 0.05) is 0 Å². The molecule has 0 aliphatic carbocycles. The summed E-state index contributed by atoms with van der Waals surface area (Å²) in [5.74, 6) is 0.227. The molecule has 1 aromatic heterocycles. The van der Waals surface area contributed by atoms with Crippen molar-refractivity contribution in [1.29, 1.82) is 0 Å². The second-order valence-electron chi connectivity index (χ2n) is 2.11. The lowest BCUT2D eigenvalue weighted by atomic mass is 10.2. The zero-order valence-corrected chi connectivity index (χ0v) is 6.13. The lowest BCUT2D eigenvalue weighted by Crippen LogP contribution is -1.91. The average molecular weight is 138 g/mol. The Morgan fingerprint density at radius 2 is 2.20 bits per heavy atom. The van der Waals surface area contributed by atoms with Crippen LogP contribution in [0.3, 0.4) is 0 Å². The van der Waals surface area contributed by atoms with Gasteiger partial charge in [0.2, 0.25) is 0 Å². The summed E-state index contributed by atoms with van der Waals surface area (Å²) in [5.41, 5.74) is 1.36. The van der Waals surface area contributed by atoms with Gasteiger partial charge in [-0.25, -0.2) is 9.97 Å². The molecule has 0 fully saturated rings. The van der Waals surface area contributed by atoms with Crippen LogP contribution in [-0.2, 0) is 6.42 Å². The van der Waals surface area contributed by atoms with E-state index >= 15 is 0 Å². The van der Waals surface area contributed by atoms with Crippen LogP contribution in [0.25, 0.3) is 0 Å². The van der Waals surface area contributed by atoms with E-state index in [1.165, 1.54) is 6.33 Å². The van der Waals surface area contributed by atoms with Gasteiger partial charge in [0.05, 0.1) is 11.4 Å². The van der Waals surface area contributed by atoms with Gasteiger partial charge in [-0.3, -0.25) is 0 Å². The molecule has 0 radical (unpaired) electrons. The van der Waals surface area contributed by atoms with Crippen LogP contribution in [0.15, 0.2) is 6.33 Å². The molecule has 0 aliphatic heterocycles. The lowest BCUT2D eigenvalue weighted by molar-refractivity contribution is 0.456. The van der Waals surface area contributed by atoms with Crippen LogP contribution in [0.2, 0.25) is 0 Å². The Kier molecular flexibility index (Phi) is 1.85. The van der Waals surface area contributed by atoms with Crippen LogP contribution in [0.5, 0.6) is 5.75 Å². The standard InChI is InChI=1S/C7H10N2O/c1-3-6-7(10)5(2)8-4-9-6/h4,10H,3H2,1-2H3. The van der Waals surface area contributed by atoms with E-state index in [1.807, 2.05) is 6.92 Å². The number of aromatic hydroxyl groups is 1. The second-order valence-corrected chi connectivity index (χ2v) is 2.11. The summed E-state index contributed by atoms with van der Waals surface area (Å²) in [4.78, 5) is 7.72. The molecule has 10 heavy (non-hydrogen) atoms. The summed E-state index contributed by atoms with van der Waals surface area (Å²) in [6.07, 6.45) is 2.21. The van der Waals surface area contributed by atoms with Crippen molar-refractivity contribution in [1.82, 2.24) is 9.97 Å². The Bertz CT molecular complexity index is 235. The highest BCUT2D eigenvalue weighted by Gasteiger charge is 2.02. The molecule has 0 atom stereocenters. The van der Waals surface area contributed by atoms with Gasteiger partial charge in [-0.2, -0.15) is 0 Å². The van der Waals surface area contributed by atoms with E-state index in [2.05, 4.69) is 9.97 Å². The minimum absolute atomic E-state index is 0.227. The van der Waals surface area contributed by atoms with Crippen molar-refractivity contribution in [2.45, 2.75) is 20.3 Å². The Morgan fingerprint density at radius 1 is 1.50 bits per heavy atom. The first-order chi connectivity index (χ1) is 4.75. The minimum atomic E-state index is 0.227. The lowest BCUT2D eigenvalue weighted by Gasteiger charge is -2.00. The molecular formula is C7H10N2O. The van der Waals surface area contributed by atoms with Crippen molar-refractivity contribution in [3.8, 4) is 5.75 Å². The summed E-state index contributed by atoms with van der Waals surface area (Å²) >= 11 is 0. The van der Waals surface area contributed by atoms with Crippen LogP contribution < -0.4 is 0 Å². The number of aromatic nitrogens is 2. The maximum Gasteiger partial charge on any atom is 0.158 e. The Hall–Kier alpha value is -1.12. The van der Waals surface area contributed by atoms with Crippen molar-refractivity contribution in [2.24, 2.45) is 0 Å². The Balaban J connectivity index is 3.14. The van der Waals surface area contributed by atoms with Gasteiger partial charge in [-0.15, -0.1) is 0 Å². The number of aryl methyl sites for hydroxylation is 2. The zero-order valence-electron chi connectivity index (χ0n) is 6.13. The third-order valence-corrected chi connectivity index (χ3v) is 1.42. The number of hydrogen-bond donors (Lipinski definition) is 1. The van der Waals surface area contributed by atoms with Crippen molar-refractivity contribution in [3.05, 3.63) is 17.7 Å². The molecule has 3 heteroatoms. The van der Waals surface area contributed by atoms with Gasteiger partial charge in [-0.1, -0.05) is 6.92 Å². The monoisotopic (exact) mass is 138 g/mol. The molecular weight excluding hydrogens is 128 g/mol. The van der Waals surface area contributed by atoms with E-state index in [-0.39, 0.29) is 5.75 Å². The van der Waals surface area contributed by atoms with Crippen LogP contribution in [0.1, 0.15) is 18.3 Å². The SMILES string of the molecule is CCc1ncnc(C)c1O. The normalized spacial score (nSPS) is 9.80. The van der Waals surface area contributed by atoms with Gasteiger partial charge in [0.25, 0.3) is 0 Å². The predicted octanol–water partition coefficient (Wildman–Crippen LogP) is 1.05. The van der Waals surface area contributed by atoms with Crippen molar-refractivity contribution in [2.75, 3.05) is 0 Å². The summed E-state index contributed by atoms with van der Waals surface area (Å²) < 4.78 is 0. The topological polar surface area (TPSA) is 46.0 Å². The quantitative estimate of drug-likeness (QED) is 0.631. The first kappa shape index (κ1) is 6.99. The summed E-state index contributed by atoms with van der Waals surface area (Å²) in [5, 5.41) is 9.27. The first-order valence-electron chi connectivity index (χ1n) is 3.25. The highest BCUT2D eigenvalue weighted by molar-refractivity contribution is 5.28. The molecule has 0 amide bonds. The van der Waals surface area contributed by atoms with Gasteiger partial charge >= 0.3 is 0 Å². The molecule has 0 unspecified atom stereocenters. The Morgan fingerprint density at radius 3 is 2.70 bits per heavy atom. The third kappa shape index (κ3) is 1.07. The highest BCUT2D eigenvalue weighted by Crippen LogP contribution is 2.16. The number of rotatable bonds is 1. The largest absolute Gasteiger partial charge is 0.504 e. The number of hydrogen-bond acceptors (Lipinski definition) is 3. The molecule has 54 valence electrons. The summed E-state index contributed by atoms with van der Waals surface area (Å²) in [7, 11) is 0. The molecule has 3 nitrogen and oxygen atoms in total. The van der Waals surface area contributed by atoms with Gasteiger partial charge in [-0.05, 0) is 13.3 Å². The molecule has 0 spiro atoms.